The van der Waals surface area contributed by atoms with Crippen LogP contribution in [0.25, 0.3) is 0 Å². The van der Waals surface area contributed by atoms with Crippen molar-refractivity contribution in [1.29, 1.82) is 0 Å². The molecule has 0 spiro atoms. The Hall–Kier alpha value is -2.21. The summed E-state index contributed by atoms with van der Waals surface area (Å²) in [5, 5.41) is 6.89. The number of rotatable bonds is 1. The Balaban J connectivity index is -0.0000000873. The molecule has 116 valence electrons. The van der Waals surface area contributed by atoms with E-state index in [1.54, 1.807) is 6.92 Å². The zero-order chi connectivity index (χ0) is 15.5. The van der Waals surface area contributed by atoms with Gasteiger partial charge in [-0.1, -0.05) is 36.4 Å². The van der Waals surface area contributed by atoms with Crippen LogP contribution in [-0.2, 0) is 19.1 Å². The molecule has 0 amide bonds. The molecule has 0 heterocycles. The molecule has 0 saturated carbocycles. The highest BCUT2D eigenvalue weighted by molar-refractivity contribution is 5.72. The van der Waals surface area contributed by atoms with E-state index in [0.29, 0.717) is 6.61 Å². The maximum Gasteiger partial charge on any atom is 0.302 e. The number of carbonyl (C=O) groups is 3. The number of benzene rings is 1. The summed E-state index contributed by atoms with van der Waals surface area (Å²) in [6.45, 7) is 6.46. The molecular weight excluding hydrogens is 264 g/mol. The van der Waals surface area contributed by atoms with Crippen LogP contribution in [0.1, 0.15) is 27.7 Å². The first-order valence-electron chi connectivity index (χ1n) is 5.60. The zero-order valence-corrected chi connectivity index (χ0v) is 12.3. The van der Waals surface area contributed by atoms with E-state index >= 15 is 0 Å². The van der Waals surface area contributed by atoms with Gasteiger partial charge in [0.1, 0.15) is 5.78 Å². The molecule has 0 aliphatic carbocycles. The summed E-state index contributed by atoms with van der Waals surface area (Å²) in [7, 11) is 0. The number of ketones is 1. The van der Waals surface area contributed by atoms with Crippen molar-refractivity contribution in [3.63, 3.8) is 0 Å². The molecular formula is C14H24O6. The molecule has 20 heavy (non-hydrogen) atoms. The van der Waals surface area contributed by atoms with Gasteiger partial charge in [0.2, 0.25) is 0 Å². The summed E-state index contributed by atoms with van der Waals surface area (Å²) >= 11 is 0. The molecule has 0 aromatic heterocycles. The van der Waals surface area contributed by atoms with Gasteiger partial charge < -0.3 is 20.1 Å². The Labute approximate surface area is 119 Å². The van der Waals surface area contributed by atoms with Crippen LogP contribution in [0.3, 0.4) is 0 Å². The van der Waals surface area contributed by atoms with Gasteiger partial charge in [-0.15, -0.1) is 0 Å². The van der Waals surface area contributed by atoms with Crippen molar-refractivity contribution < 1.29 is 29.7 Å². The van der Waals surface area contributed by atoms with Crippen LogP contribution in [0.4, 0.5) is 0 Å². The highest BCUT2D eigenvalue weighted by Gasteiger charge is 1.81. The quantitative estimate of drug-likeness (QED) is 0.624. The molecule has 1 aromatic rings. The lowest BCUT2D eigenvalue weighted by Gasteiger charge is -1.89. The van der Waals surface area contributed by atoms with E-state index in [0.717, 1.165) is 0 Å². The van der Waals surface area contributed by atoms with Crippen molar-refractivity contribution in [1.82, 2.24) is 0 Å². The lowest BCUT2D eigenvalue weighted by molar-refractivity contribution is -0.140. The molecule has 0 fully saturated rings. The number of hydrogen-bond donors (Lipinski definition) is 1. The summed E-state index contributed by atoms with van der Waals surface area (Å²) < 4.78 is 4.40. The molecule has 0 saturated heterocycles. The van der Waals surface area contributed by atoms with Gasteiger partial charge in [-0.3, -0.25) is 9.59 Å². The lowest BCUT2D eigenvalue weighted by Crippen LogP contribution is -1.95. The van der Waals surface area contributed by atoms with Gasteiger partial charge in [0.25, 0.3) is 6.47 Å². The fourth-order valence-corrected chi connectivity index (χ4v) is 0.588. The zero-order valence-electron chi connectivity index (χ0n) is 12.3. The third-order valence-electron chi connectivity index (χ3n) is 1.01. The topological polar surface area (TPSA) is 112 Å². The van der Waals surface area contributed by atoms with Crippen LogP contribution in [0.5, 0.6) is 0 Å². The van der Waals surface area contributed by atoms with Gasteiger partial charge >= 0.3 is 5.97 Å². The Bertz CT molecular complexity index is 280. The van der Waals surface area contributed by atoms with Crippen LogP contribution in [0.15, 0.2) is 36.4 Å². The van der Waals surface area contributed by atoms with E-state index in [1.807, 2.05) is 36.4 Å². The highest BCUT2D eigenvalue weighted by atomic mass is 16.5. The number of carbonyl (C=O) groups excluding carboxylic acids is 2. The molecule has 0 aliphatic heterocycles. The Morgan fingerprint density at radius 2 is 1.20 bits per heavy atom. The number of Topliss-reactive ketones (excluding diaryl/α,β-unsaturated/α-hetero) is 1. The van der Waals surface area contributed by atoms with Gasteiger partial charge in [-0.05, 0) is 20.8 Å². The van der Waals surface area contributed by atoms with Crippen LogP contribution in [0, 0.1) is 0 Å². The maximum atomic E-state index is 9.82. The third-order valence-corrected chi connectivity index (χ3v) is 1.01. The molecule has 6 nitrogen and oxygen atoms in total. The molecule has 0 atom stereocenters. The number of carboxylic acid groups (broad SMARTS) is 1. The average molecular weight is 288 g/mol. The van der Waals surface area contributed by atoms with Crippen molar-refractivity contribution >= 4 is 18.2 Å². The Morgan fingerprint density at radius 1 is 1.00 bits per heavy atom. The minimum Gasteiger partial charge on any atom is -0.483 e. The number of hydrogen-bond acceptors (Lipinski definition) is 4. The largest absolute Gasteiger partial charge is 0.483 e. The molecule has 3 N–H and O–H groups in total. The minimum atomic E-state index is -0.250. The van der Waals surface area contributed by atoms with E-state index in [-0.39, 0.29) is 23.7 Å². The monoisotopic (exact) mass is 288 g/mol. The average Bonchev–Trinajstić information content (AvgIpc) is 2.32. The van der Waals surface area contributed by atoms with Crippen molar-refractivity contribution in [2.45, 2.75) is 27.7 Å². The molecule has 1 aromatic carbocycles. The molecule has 0 radical (unpaired) electrons. The van der Waals surface area contributed by atoms with Gasteiger partial charge in [0, 0.05) is 6.92 Å². The lowest BCUT2D eigenvalue weighted by atomic mass is 10.4. The van der Waals surface area contributed by atoms with Crippen molar-refractivity contribution in [3.8, 4) is 0 Å². The van der Waals surface area contributed by atoms with Crippen molar-refractivity contribution in [3.05, 3.63) is 36.4 Å². The van der Waals surface area contributed by atoms with E-state index in [1.165, 1.54) is 20.8 Å². The molecule has 0 unspecified atom stereocenters. The molecule has 0 bridgehead atoms. The van der Waals surface area contributed by atoms with Crippen LogP contribution < -0.4 is 0 Å². The second kappa shape index (κ2) is 25.6. The Kier molecular flexibility index (Phi) is 33.7. The first-order chi connectivity index (χ1) is 8.92. The minimum absolute atomic E-state index is 0. The fraction of sp³-hybridized carbons (Fsp3) is 0.357. The van der Waals surface area contributed by atoms with Crippen LogP contribution >= 0.6 is 0 Å². The summed E-state index contributed by atoms with van der Waals surface area (Å²) in [4.78, 5) is 27.6. The van der Waals surface area contributed by atoms with Gasteiger partial charge in [-0.25, -0.2) is 0 Å². The van der Waals surface area contributed by atoms with Crippen LogP contribution in [0.2, 0.25) is 0 Å². The maximum absolute atomic E-state index is 9.82. The standard InChI is InChI=1S/C6H6.C4H8O2.C3H6O.CH2O2.H2O/c1-2-4-6-5-3-1;1-3-6-4(2)5;1-3(2)4;2-1-3;/h1-6H;3H2,1-2H3;1-2H3;1H,(H,2,3);1H2. The number of esters is 1. The number of ether oxygens (including phenoxy) is 1. The first-order valence-corrected chi connectivity index (χ1v) is 5.60. The summed E-state index contributed by atoms with van der Waals surface area (Å²) in [5.41, 5.74) is 0. The second-order valence-corrected chi connectivity index (χ2v) is 3.09. The summed E-state index contributed by atoms with van der Waals surface area (Å²) in [5.74, 6) is -0.0440. The van der Waals surface area contributed by atoms with Crippen molar-refractivity contribution in [2.24, 2.45) is 0 Å². The van der Waals surface area contributed by atoms with Crippen LogP contribution in [-0.4, -0.2) is 35.4 Å². The second-order valence-electron chi connectivity index (χ2n) is 3.09. The molecule has 0 aliphatic rings. The van der Waals surface area contributed by atoms with E-state index in [4.69, 9.17) is 9.90 Å². The van der Waals surface area contributed by atoms with E-state index < -0.39 is 0 Å². The first kappa shape index (κ1) is 26.4. The smallest absolute Gasteiger partial charge is 0.302 e. The van der Waals surface area contributed by atoms with Crippen molar-refractivity contribution in [2.75, 3.05) is 6.61 Å². The SMILES string of the molecule is CC(C)=O.CCOC(C)=O.O.O=CO.c1ccccc1. The molecule has 6 heteroatoms. The molecule has 1 rings (SSSR count). The third kappa shape index (κ3) is 74.9. The predicted molar refractivity (Wildman–Crippen MR) is 77.4 cm³/mol. The van der Waals surface area contributed by atoms with E-state index in [2.05, 4.69) is 4.74 Å². The Morgan fingerprint density at radius 3 is 1.25 bits per heavy atom. The predicted octanol–water partition coefficient (Wildman–Crippen LogP) is 1.73. The highest BCUT2D eigenvalue weighted by Crippen LogP contribution is 1.79. The van der Waals surface area contributed by atoms with E-state index in [9.17, 15) is 9.59 Å². The summed E-state index contributed by atoms with van der Waals surface area (Å²) in [6.07, 6.45) is 0. The normalized spacial score (nSPS) is 6.60. The summed E-state index contributed by atoms with van der Waals surface area (Å²) in [6, 6.07) is 12.0. The van der Waals surface area contributed by atoms with Gasteiger partial charge in [0.05, 0.1) is 6.61 Å². The van der Waals surface area contributed by atoms with Gasteiger partial charge in [-0.2, -0.15) is 0 Å². The fourth-order valence-electron chi connectivity index (χ4n) is 0.588. The van der Waals surface area contributed by atoms with Gasteiger partial charge in [0.15, 0.2) is 0 Å².